The van der Waals surface area contributed by atoms with E-state index in [9.17, 15) is 9.59 Å². The number of amides is 2. The molecule has 0 spiro atoms. The first-order valence-corrected chi connectivity index (χ1v) is 11.5. The highest BCUT2D eigenvalue weighted by Crippen LogP contribution is 2.17. The maximum absolute atomic E-state index is 13.1. The Bertz CT molecular complexity index is 1020. The number of rotatable bonds is 7. The molecule has 1 atom stereocenters. The summed E-state index contributed by atoms with van der Waals surface area (Å²) in [5.41, 5.74) is 1.58. The van der Waals surface area contributed by atoms with Crippen LogP contribution in [0.5, 0.6) is 0 Å². The van der Waals surface area contributed by atoms with E-state index >= 15 is 0 Å². The summed E-state index contributed by atoms with van der Waals surface area (Å²) in [6, 6.07) is 16.3. The molecule has 4 rings (SSSR count). The predicted molar refractivity (Wildman–Crippen MR) is 128 cm³/mol. The van der Waals surface area contributed by atoms with E-state index in [4.69, 9.17) is 0 Å². The summed E-state index contributed by atoms with van der Waals surface area (Å²) in [6.07, 6.45) is 2.07. The molecule has 0 radical (unpaired) electrons. The fourth-order valence-corrected chi connectivity index (χ4v) is 4.24. The summed E-state index contributed by atoms with van der Waals surface area (Å²) in [4.78, 5) is 35.3. The molecule has 0 aliphatic carbocycles. The zero-order valence-corrected chi connectivity index (χ0v) is 18.8. The van der Waals surface area contributed by atoms with E-state index in [0.29, 0.717) is 17.0 Å². The summed E-state index contributed by atoms with van der Waals surface area (Å²) in [7, 11) is 2.12. The van der Waals surface area contributed by atoms with Gasteiger partial charge in [-0.1, -0.05) is 36.4 Å². The van der Waals surface area contributed by atoms with Crippen molar-refractivity contribution >= 4 is 34.7 Å². The summed E-state index contributed by atoms with van der Waals surface area (Å²) < 4.78 is 0. The second kappa shape index (κ2) is 10.4. The first kappa shape index (κ1) is 22.0. The second-order valence-electron chi connectivity index (χ2n) is 7.88. The summed E-state index contributed by atoms with van der Waals surface area (Å²) in [5, 5.41) is 7.63. The number of thiophene rings is 1. The molecule has 1 aromatic carbocycles. The molecule has 3 aromatic rings. The fourth-order valence-electron chi connectivity index (χ4n) is 3.61. The van der Waals surface area contributed by atoms with Crippen LogP contribution in [0.15, 0.2) is 66.2 Å². The SMILES string of the molecule is CN1CCN(c2ccc(NC(=O)[C@@H](Cc3ccccc3)NC(=O)c3cccs3)cn2)CC1. The van der Waals surface area contributed by atoms with Gasteiger partial charge in [0.25, 0.3) is 5.91 Å². The lowest BCUT2D eigenvalue weighted by Gasteiger charge is -2.33. The largest absolute Gasteiger partial charge is 0.354 e. The first-order valence-electron chi connectivity index (χ1n) is 10.7. The average molecular weight is 450 g/mol. The maximum atomic E-state index is 13.1. The van der Waals surface area contributed by atoms with Crippen molar-refractivity contribution in [2.24, 2.45) is 0 Å². The summed E-state index contributed by atoms with van der Waals surface area (Å²) >= 11 is 1.35. The Morgan fingerprint density at radius 3 is 2.47 bits per heavy atom. The minimum Gasteiger partial charge on any atom is -0.354 e. The van der Waals surface area contributed by atoms with E-state index in [1.165, 1.54) is 11.3 Å². The number of anilines is 2. The van der Waals surface area contributed by atoms with Crippen LogP contribution in [0.4, 0.5) is 11.5 Å². The molecule has 166 valence electrons. The molecule has 7 nitrogen and oxygen atoms in total. The molecular formula is C24H27N5O2S. The normalized spacial score (nSPS) is 15.2. The molecular weight excluding hydrogens is 422 g/mol. The van der Waals surface area contributed by atoms with Crippen LogP contribution in [0.2, 0.25) is 0 Å². The van der Waals surface area contributed by atoms with Gasteiger partial charge in [0.15, 0.2) is 0 Å². The molecule has 0 bridgehead atoms. The molecule has 2 amide bonds. The number of pyridine rings is 1. The van der Waals surface area contributed by atoms with E-state index in [0.717, 1.165) is 37.6 Å². The Morgan fingerprint density at radius 1 is 1.03 bits per heavy atom. The van der Waals surface area contributed by atoms with Gasteiger partial charge in [-0.15, -0.1) is 11.3 Å². The highest BCUT2D eigenvalue weighted by atomic mass is 32.1. The smallest absolute Gasteiger partial charge is 0.262 e. The Labute approximate surface area is 192 Å². The highest BCUT2D eigenvalue weighted by molar-refractivity contribution is 7.12. The molecule has 1 aliphatic rings. The molecule has 1 saturated heterocycles. The van der Waals surface area contributed by atoms with E-state index in [1.54, 1.807) is 12.3 Å². The summed E-state index contributed by atoms with van der Waals surface area (Å²) in [6.45, 7) is 3.88. The standard InChI is InChI=1S/C24H27N5O2S/c1-28-11-13-29(14-12-28)22-10-9-19(17-25-22)26-23(30)20(16-18-6-3-2-4-7-18)27-24(31)21-8-5-15-32-21/h2-10,15,17,20H,11-14,16H2,1H3,(H,26,30)(H,27,31)/t20-/m1/s1. The van der Waals surface area contributed by atoms with Gasteiger partial charge in [0.1, 0.15) is 11.9 Å². The van der Waals surface area contributed by atoms with E-state index < -0.39 is 6.04 Å². The molecule has 2 N–H and O–H groups in total. The number of likely N-dealkylation sites (N-methyl/N-ethyl adjacent to an activating group) is 1. The van der Waals surface area contributed by atoms with Crippen LogP contribution in [0.3, 0.4) is 0 Å². The van der Waals surface area contributed by atoms with E-state index in [1.807, 2.05) is 53.9 Å². The van der Waals surface area contributed by atoms with Crippen molar-refractivity contribution in [2.45, 2.75) is 12.5 Å². The number of carbonyl (C=O) groups is 2. The van der Waals surface area contributed by atoms with Crippen LogP contribution in [0, 0.1) is 0 Å². The molecule has 3 heterocycles. The maximum Gasteiger partial charge on any atom is 0.262 e. The Morgan fingerprint density at radius 2 is 1.81 bits per heavy atom. The van der Waals surface area contributed by atoms with Crippen LogP contribution < -0.4 is 15.5 Å². The molecule has 8 heteroatoms. The quantitative estimate of drug-likeness (QED) is 0.580. The Hall–Kier alpha value is -3.23. The monoisotopic (exact) mass is 449 g/mol. The minimum absolute atomic E-state index is 0.250. The van der Waals surface area contributed by atoms with Crippen molar-refractivity contribution in [3.05, 3.63) is 76.6 Å². The van der Waals surface area contributed by atoms with Gasteiger partial charge in [-0.2, -0.15) is 0 Å². The molecule has 0 unspecified atom stereocenters. The van der Waals surface area contributed by atoms with Gasteiger partial charge in [0.05, 0.1) is 16.8 Å². The number of benzene rings is 1. The lowest BCUT2D eigenvalue weighted by molar-refractivity contribution is -0.118. The predicted octanol–water partition coefficient (Wildman–Crippen LogP) is 2.87. The number of aromatic nitrogens is 1. The van der Waals surface area contributed by atoms with E-state index in [2.05, 4.69) is 32.5 Å². The summed E-state index contributed by atoms with van der Waals surface area (Å²) in [5.74, 6) is 0.385. The molecule has 2 aromatic heterocycles. The first-order chi connectivity index (χ1) is 15.6. The number of hydrogen-bond donors (Lipinski definition) is 2. The van der Waals surface area contributed by atoms with Crippen LogP contribution in [0.1, 0.15) is 15.2 Å². The van der Waals surface area contributed by atoms with Crippen molar-refractivity contribution in [3.8, 4) is 0 Å². The van der Waals surface area contributed by atoms with Crippen molar-refractivity contribution in [3.63, 3.8) is 0 Å². The average Bonchev–Trinajstić information content (AvgIpc) is 3.36. The minimum atomic E-state index is -0.704. The zero-order chi connectivity index (χ0) is 22.3. The number of nitrogens with one attached hydrogen (secondary N) is 2. The second-order valence-corrected chi connectivity index (χ2v) is 8.83. The van der Waals surface area contributed by atoms with Gasteiger partial charge in [-0.25, -0.2) is 4.98 Å². The van der Waals surface area contributed by atoms with Crippen molar-refractivity contribution in [1.82, 2.24) is 15.2 Å². The van der Waals surface area contributed by atoms with Crippen LogP contribution in [0.25, 0.3) is 0 Å². The number of nitrogens with zero attached hydrogens (tertiary/aromatic N) is 3. The van der Waals surface area contributed by atoms with Gasteiger partial charge < -0.3 is 20.4 Å². The number of hydrogen-bond acceptors (Lipinski definition) is 6. The lowest BCUT2D eigenvalue weighted by Crippen LogP contribution is -2.45. The third kappa shape index (κ3) is 5.72. The molecule has 1 aliphatic heterocycles. The van der Waals surface area contributed by atoms with Crippen LogP contribution >= 0.6 is 11.3 Å². The van der Waals surface area contributed by atoms with E-state index in [-0.39, 0.29) is 11.8 Å². The van der Waals surface area contributed by atoms with Crippen molar-refractivity contribution < 1.29 is 9.59 Å². The molecule has 1 fully saturated rings. The van der Waals surface area contributed by atoms with Crippen LogP contribution in [-0.4, -0.2) is 61.0 Å². The van der Waals surface area contributed by atoms with Gasteiger partial charge in [-0.05, 0) is 36.2 Å². The fraction of sp³-hybridized carbons (Fsp3) is 0.292. The zero-order valence-electron chi connectivity index (χ0n) is 18.0. The third-order valence-corrected chi connectivity index (χ3v) is 6.36. The van der Waals surface area contributed by atoms with Crippen LogP contribution in [-0.2, 0) is 11.2 Å². The third-order valence-electron chi connectivity index (χ3n) is 5.49. The van der Waals surface area contributed by atoms with Crippen molar-refractivity contribution in [1.29, 1.82) is 0 Å². The van der Waals surface area contributed by atoms with Gasteiger partial charge in [0, 0.05) is 32.6 Å². The number of piperazine rings is 1. The van der Waals surface area contributed by atoms with Gasteiger partial charge >= 0.3 is 0 Å². The number of carbonyl (C=O) groups excluding carboxylic acids is 2. The molecule has 0 saturated carbocycles. The molecule has 32 heavy (non-hydrogen) atoms. The highest BCUT2D eigenvalue weighted by Gasteiger charge is 2.23. The topological polar surface area (TPSA) is 77.6 Å². The van der Waals surface area contributed by atoms with Gasteiger partial charge in [-0.3, -0.25) is 9.59 Å². The van der Waals surface area contributed by atoms with Gasteiger partial charge in [0.2, 0.25) is 5.91 Å². The Balaban J connectivity index is 1.43. The Kier molecular flexibility index (Phi) is 7.14. The lowest BCUT2D eigenvalue weighted by atomic mass is 10.0. The van der Waals surface area contributed by atoms with Crippen molar-refractivity contribution in [2.75, 3.05) is 43.4 Å².